The van der Waals surface area contributed by atoms with Crippen LogP contribution in [0.5, 0.6) is 0 Å². The molecule has 41 heavy (non-hydrogen) atoms. The molecule has 0 saturated heterocycles. The summed E-state index contributed by atoms with van der Waals surface area (Å²) < 4.78 is 33.0. The predicted octanol–water partition coefficient (Wildman–Crippen LogP) is 5.96. The number of amides is 2. The van der Waals surface area contributed by atoms with Gasteiger partial charge in [-0.2, -0.15) is 0 Å². The first-order chi connectivity index (χ1) is 19.5. The smallest absolute Gasteiger partial charge is 0.408 e. The monoisotopic (exact) mass is 574 g/mol. The molecule has 1 atom stereocenters. The van der Waals surface area contributed by atoms with Crippen LogP contribution in [0.2, 0.25) is 0 Å². The van der Waals surface area contributed by atoms with E-state index < -0.39 is 27.8 Å². The minimum Gasteiger partial charge on any atom is -0.444 e. The van der Waals surface area contributed by atoms with Crippen LogP contribution in [0.1, 0.15) is 46.5 Å². The van der Waals surface area contributed by atoms with Crippen LogP contribution in [0, 0.1) is 5.92 Å². The molecule has 1 saturated carbocycles. The number of nitrogens with zero attached hydrogens (tertiary/aromatic N) is 2. The maximum absolute atomic E-state index is 13.2. The van der Waals surface area contributed by atoms with Crippen molar-refractivity contribution in [2.45, 2.75) is 63.0 Å². The lowest BCUT2D eigenvalue weighted by atomic mass is 9.80. The number of aromatic nitrogens is 2. The second kappa shape index (κ2) is 11.4. The SMILES string of the molecule is CC(C)(C)OC(=O)N[C@H](CC1CCC1)C(=O)Nc1ccc(-c2ccnc3c2ccn3S(=O)(=O)c2ccccc2)cc1. The fraction of sp³-hybridized carbons (Fsp3) is 0.323. The summed E-state index contributed by atoms with van der Waals surface area (Å²) in [7, 11) is -3.81. The Balaban J connectivity index is 1.34. The first-order valence-electron chi connectivity index (χ1n) is 13.7. The van der Waals surface area contributed by atoms with Crippen LogP contribution in [-0.4, -0.2) is 41.0 Å². The zero-order valence-corrected chi connectivity index (χ0v) is 24.1. The number of carbonyl (C=O) groups is 2. The minimum atomic E-state index is -3.81. The topological polar surface area (TPSA) is 119 Å². The average molecular weight is 575 g/mol. The molecule has 2 amide bonds. The maximum atomic E-state index is 13.2. The van der Waals surface area contributed by atoms with Crippen molar-refractivity contribution in [1.29, 1.82) is 0 Å². The van der Waals surface area contributed by atoms with Crippen LogP contribution in [0.15, 0.2) is 84.0 Å². The van der Waals surface area contributed by atoms with Crippen LogP contribution >= 0.6 is 0 Å². The number of carbonyl (C=O) groups excluding carboxylic acids is 2. The second-order valence-electron chi connectivity index (χ2n) is 11.3. The molecule has 2 aromatic carbocycles. The molecule has 214 valence electrons. The molecule has 0 unspecified atom stereocenters. The molecule has 2 N–H and O–H groups in total. The summed E-state index contributed by atoms with van der Waals surface area (Å²) in [4.78, 5) is 30.1. The molecule has 5 rings (SSSR count). The van der Waals surface area contributed by atoms with Crippen LogP contribution in [0.3, 0.4) is 0 Å². The average Bonchev–Trinajstić information content (AvgIpc) is 3.35. The van der Waals surface area contributed by atoms with Gasteiger partial charge in [-0.3, -0.25) is 4.79 Å². The Hall–Kier alpha value is -4.18. The van der Waals surface area contributed by atoms with Crippen LogP contribution < -0.4 is 10.6 Å². The Morgan fingerprint density at radius 2 is 1.73 bits per heavy atom. The molecular formula is C31H34N4O5S. The highest BCUT2D eigenvalue weighted by Crippen LogP contribution is 2.32. The molecule has 9 nitrogen and oxygen atoms in total. The van der Waals surface area contributed by atoms with Crippen molar-refractivity contribution in [2.24, 2.45) is 5.92 Å². The Morgan fingerprint density at radius 1 is 1.02 bits per heavy atom. The number of pyridine rings is 1. The molecule has 0 spiro atoms. The molecule has 10 heteroatoms. The van der Waals surface area contributed by atoms with Crippen LogP contribution in [0.25, 0.3) is 22.2 Å². The largest absolute Gasteiger partial charge is 0.444 e. The van der Waals surface area contributed by atoms with Gasteiger partial charge in [0, 0.05) is 23.5 Å². The van der Waals surface area contributed by atoms with E-state index in [9.17, 15) is 18.0 Å². The van der Waals surface area contributed by atoms with Crippen molar-refractivity contribution in [1.82, 2.24) is 14.3 Å². The molecule has 1 fully saturated rings. The fourth-order valence-electron chi connectivity index (χ4n) is 4.87. The number of hydrogen-bond donors (Lipinski definition) is 2. The lowest BCUT2D eigenvalue weighted by Crippen LogP contribution is -2.47. The number of fused-ring (bicyclic) bond motifs is 1. The summed E-state index contributed by atoms with van der Waals surface area (Å²) in [6, 6.07) is 18.4. The number of benzene rings is 2. The third kappa shape index (κ3) is 6.43. The normalized spacial score (nSPS) is 14.7. The third-order valence-electron chi connectivity index (χ3n) is 7.12. The molecule has 1 aliphatic carbocycles. The number of alkyl carbamates (subject to hydrolysis) is 1. The summed E-state index contributed by atoms with van der Waals surface area (Å²) in [5, 5.41) is 6.35. The van der Waals surface area contributed by atoms with Gasteiger partial charge in [-0.05, 0) is 80.6 Å². The Morgan fingerprint density at radius 3 is 2.37 bits per heavy atom. The number of anilines is 1. The maximum Gasteiger partial charge on any atom is 0.408 e. The van der Waals surface area contributed by atoms with Gasteiger partial charge in [0.2, 0.25) is 5.91 Å². The molecule has 4 aromatic rings. The van der Waals surface area contributed by atoms with E-state index in [1.807, 2.05) is 18.2 Å². The first kappa shape index (κ1) is 28.4. The Bertz CT molecular complexity index is 1650. The Kier molecular flexibility index (Phi) is 7.86. The van der Waals surface area contributed by atoms with Gasteiger partial charge in [-0.25, -0.2) is 22.2 Å². The van der Waals surface area contributed by atoms with Gasteiger partial charge >= 0.3 is 6.09 Å². The number of rotatable bonds is 8. The molecule has 1 aliphatic rings. The van der Waals surface area contributed by atoms with Crippen molar-refractivity contribution < 1.29 is 22.7 Å². The van der Waals surface area contributed by atoms with Gasteiger partial charge in [0.25, 0.3) is 10.0 Å². The lowest BCUT2D eigenvalue weighted by molar-refractivity contribution is -0.118. The molecule has 0 bridgehead atoms. The van der Waals surface area contributed by atoms with E-state index in [0.717, 1.165) is 30.4 Å². The highest BCUT2D eigenvalue weighted by Gasteiger charge is 2.29. The summed E-state index contributed by atoms with van der Waals surface area (Å²) in [5.41, 5.74) is 1.89. The molecule has 2 aromatic heterocycles. The minimum absolute atomic E-state index is 0.182. The molecule has 0 radical (unpaired) electrons. The van der Waals surface area contributed by atoms with Gasteiger partial charge in [0.15, 0.2) is 5.65 Å². The molecule has 2 heterocycles. The number of ether oxygens (including phenoxy) is 1. The quantitative estimate of drug-likeness (QED) is 0.268. The van der Waals surface area contributed by atoms with Crippen molar-refractivity contribution in [3.05, 3.63) is 79.1 Å². The van der Waals surface area contributed by atoms with Gasteiger partial charge < -0.3 is 15.4 Å². The first-order valence-corrected chi connectivity index (χ1v) is 15.1. The zero-order chi connectivity index (χ0) is 29.2. The van der Waals surface area contributed by atoms with Gasteiger partial charge in [0.1, 0.15) is 11.6 Å². The fourth-order valence-corrected chi connectivity index (χ4v) is 6.19. The van der Waals surface area contributed by atoms with Crippen LogP contribution in [0.4, 0.5) is 10.5 Å². The highest BCUT2D eigenvalue weighted by molar-refractivity contribution is 7.90. The Labute approximate surface area is 240 Å². The van der Waals surface area contributed by atoms with Crippen molar-refractivity contribution >= 4 is 38.7 Å². The predicted molar refractivity (Wildman–Crippen MR) is 158 cm³/mol. The summed E-state index contributed by atoms with van der Waals surface area (Å²) in [6.45, 7) is 5.34. The highest BCUT2D eigenvalue weighted by atomic mass is 32.2. The van der Waals surface area contributed by atoms with E-state index in [1.54, 1.807) is 75.5 Å². The summed E-state index contributed by atoms with van der Waals surface area (Å²) in [6.07, 6.45) is 6.26. The third-order valence-corrected chi connectivity index (χ3v) is 8.80. The zero-order valence-electron chi connectivity index (χ0n) is 23.3. The van der Waals surface area contributed by atoms with E-state index >= 15 is 0 Å². The van der Waals surface area contributed by atoms with Gasteiger partial charge in [-0.1, -0.05) is 49.6 Å². The van der Waals surface area contributed by atoms with Crippen molar-refractivity contribution in [2.75, 3.05) is 5.32 Å². The van der Waals surface area contributed by atoms with E-state index in [-0.39, 0.29) is 10.8 Å². The van der Waals surface area contributed by atoms with E-state index in [0.29, 0.717) is 29.1 Å². The summed E-state index contributed by atoms with van der Waals surface area (Å²) >= 11 is 0. The summed E-state index contributed by atoms with van der Waals surface area (Å²) in [5.74, 6) is 0.0974. The lowest BCUT2D eigenvalue weighted by Gasteiger charge is -2.30. The van der Waals surface area contributed by atoms with Gasteiger partial charge in [-0.15, -0.1) is 0 Å². The molecular weight excluding hydrogens is 540 g/mol. The number of hydrogen-bond acceptors (Lipinski definition) is 6. The molecule has 0 aliphatic heterocycles. The number of nitrogens with one attached hydrogen (secondary N) is 2. The van der Waals surface area contributed by atoms with E-state index in [4.69, 9.17) is 4.74 Å². The van der Waals surface area contributed by atoms with Crippen molar-refractivity contribution in [3.8, 4) is 11.1 Å². The second-order valence-corrected chi connectivity index (χ2v) is 13.1. The van der Waals surface area contributed by atoms with Gasteiger partial charge in [0.05, 0.1) is 4.90 Å². The van der Waals surface area contributed by atoms with Crippen molar-refractivity contribution in [3.63, 3.8) is 0 Å². The van der Waals surface area contributed by atoms with E-state index in [2.05, 4.69) is 15.6 Å². The van der Waals surface area contributed by atoms with E-state index in [1.165, 1.54) is 10.2 Å². The van der Waals surface area contributed by atoms with Crippen LogP contribution in [-0.2, 0) is 19.6 Å². The standard InChI is InChI=1S/C31H34N4O5S/c1-31(2,3)40-30(37)34-27(20-21-8-7-9-21)29(36)33-23-14-12-22(13-15-23)25-16-18-32-28-26(25)17-19-35(28)41(38,39)24-10-5-4-6-11-24/h4-6,10-19,21,27H,7-9,20H2,1-3H3,(H,33,36)(H,34,37)/t27-/m1/s1.